The Morgan fingerprint density at radius 3 is 2.57 bits per heavy atom. The molecule has 5 nitrogen and oxygen atoms in total. The fraction of sp³-hybridized carbons (Fsp3) is 0.130. The number of carboxylic acid groups (broad SMARTS) is 1. The number of carbonyl (C=O) groups is 1. The van der Waals surface area contributed by atoms with E-state index >= 15 is 0 Å². The molecule has 1 N–H and O–H groups in total. The third kappa shape index (κ3) is 3.88. The number of aromatic nitrogens is 2. The fourth-order valence-corrected chi connectivity index (χ4v) is 3.25. The third-order valence-corrected chi connectivity index (χ3v) is 4.54. The average molecular weight is 372 g/mol. The molecule has 0 amide bonds. The Hall–Kier alpha value is -3.60. The molecule has 0 aliphatic heterocycles. The Bertz CT molecular complexity index is 1100. The van der Waals surface area contributed by atoms with E-state index in [-0.39, 0.29) is 6.54 Å². The van der Waals surface area contributed by atoms with Gasteiger partial charge >= 0.3 is 5.97 Å². The molecule has 0 unspecified atom stereocenters. The summed E-state index contributed by atoms with van der Waals surface area (Å²) in [5, 5.41) is 9.32. The first-order valence-corrected chi connectivity index (χ1v) is 9.15. The van der Waals surface area contributed by atoms with Gasteiger partial charge in [-0.2, -0.15) is 0 Å². The van der Waals surface area contributed by atoms with E-state index in [0.29, 0.717) is 12.4 Å². The maximum atomic E-state index is 11.4. The Labute approximate surface area is 162 Å². The maximum absolute atomic E-state index is 11.4. The Kier molecular flexibility index (Phi) is 5.06. The molecule has 0 fully saturated rings. The number of nitrogens with zero attached hydrogens (tertiary/aromatic N) is 2. The van der Waals surface area contributed by atoms with Gasteiger partial charge in [-0.05, 0) is 29.8 Å². The third-order valence-electron chi connectivity index (χ3n) is 4.54. The van der Waals surface area contributed by atoms with Crippen molar-refractivity contribution in [3.8, 4) is 17.1 Å². The first kappa shape index (κ1) is 17.8. The van der Waals surface area contributed by atoms with Gasteiger partial charge in [0, 0.05) is 12.0 Å². The van der Waals surface area contributed by atoms with Gasteiger partial charge in [0.15, 0.2) is 0 Å². The lowest BCUT2D eigenvalue weighted by Gasteiger charge is -2.10. The van der Waals surface area contributed by atoms with E-state index in [1.54, 1.807) is 4.57 Å². The van der Waals surface area contributed by atoms with Crippen molar-refractivity contribution in [2.24, 2.45) is 0 Å². The van der Waals surface area contributed by atoms with E-state index in [4.69, 9.17) is 4.74 Å². The Morgan fingerprint density at radius 1 is 0.964 bits per heavy atom. The summed E-state index contributed by atoms with van der Waals surface area (Å²) in [4.78, 5) is 16.0. The number of aliphatic carboxylic acids is 1. The van der Waals surface area contributed by atoms with Crippen molar-refractivity contribution >= 4 is 17.0 Å². The van der Waals surface area contributed by atoms with E-state index in [2.05, 4.69) is 17.1 Å². The highest BCUT2D eigenvalue weighted by molar-refractivity contribution is 5.83. The number of fused-ring (bicyclic) bond motifs is 1. The topological polar surface area (TPSA) is 64.3 Å². The van der Waals surface area contributed by atoms with Crippen molar-refractivity contribution in [1.82, 2.24) is 9.55 Å². The fourth-order valence-electron chi connectivity index (χ4n) is 3.25. The average Bonchev–Trinajstić information content (AvgIpc) is 3.07. The molecule has 28 heavy (non-hydrogen) atoms. The first-order valence-electron chi connectivity index (χ1n) is 9.15. The van der Waals surface area contributed by atoms with Crippen molar-refractivity contribution < 1.29 is 14.6 Å². The number of hydrogen-bond acceptors (Lipinski definition) is 3. The van der Waals surface area contributed by atoms with Crippen molar-refractivity contribution in [3.63, 3.8) is 0 Å². The van der Waals surface area contributed by atoms with Gasteiger partial charge in [0.05, 0.1) is 17.6 Å². The van der Waals surface area contributed by atoms with Crippen LogP contribution in [0, 0.1) is 0 Å². The van der Waals surface area contributed by atoms with E-state index < -0.39 is 5.97 Å². The van der Waals surface area contributed by atoms with Gasteiger partial charge in [-0.15, -0.1) is 0 Å². The van der Waals surface area contributed by atoms with Crippen molar-refractivity contribution in [2.45, 2.75) is 13.0 Å². The minimum absolute atomic E-state index is 0.144. The highest BCUT2D eigenvalue weighted by atomic mass is 16.5. The zero-order chi connectivity index (χ0) is 19.3. The summed E-state index contributed by atoms with van der Waals surface area (Å²) in [6.07, 6.45) is 0.822. The summed E-state index contributed by atoms with van der Waals surface area (Å²) >= 11 is 0. The number of hydrogen-bond donors (Lipinski definition) is 1. The molecular formula is C23H20N2O3. The normalized spacial score (nSPS) is 10.9. The van der Waals surface area contributed by atoms with Crippen molar-refractivity contribution in [3.05, 3.63) is 84.4 Å². The van der Waals surface area contributed by atoms with Gasteiger partial charge in [-0.25, -0.2) is 4.98 Å². The molecule has 0 spiro atoms. The number of ether oxygens (including phenoxy) is 1. The van der Waals surface area contributed by atoms with Crippen LogP contribution in [-0.4, -0.2) is 27.2 Å². The Morgan fingerprint density at radius 2 is 1.75 bits per heavy atom. The second kappa shape index (κ2) is 7.96. The van der Waals surface area contributed by atoms with Gasteiger partial charge < -0.3 is 14.4 Å². The lowest BCUT2D eigenvalue weighted by atomic mass is 10.1. The summed E-state index contributed by atoms with van der Waals surface area (Å²) in [7, 11) is 0. The van der Waals surface area contributed by atoms with E-state index in [9.17, 15) is 9.90 Å². The summed E-state index contributed by atoms with van der Waals surface area (Å²) in [6, 6.07) is 25.4. The Balaban J connectivity index is 1.59. The molecule has 4 aromatic rings. The molecule has 0 radical (unpaired) electrons. The van der Waals surface area contributed by atoms with Gasteiger partial charge in [-0.1, -0.05) is 54.6 Å². The molecule has 0 saturated heterocycles. The van der Waals surface area contributed by atoms with Crippen LogP contribution in [0.2, 0.25) is 0 Å². The summed E-state index contributed by atoms with van der Waals surface area (Å²) < 4.78 is 7.64. The number of benzene rings is 3. The lowest BCUT2D eigenvalue weighted by molar-refractivity contribution is -0.137. The number of carboxylic acids is 1. The molecule has 140 valence electrons. The summed E-state index contributed by atoms with van der Waals surface area (Å²) in [6.45, 7) is 0.425. The maximum Gasteiger partial charge on any atom is 0.323 e. The second-order valence-corrected chi connectivity index (χ2v) is 6.52. The van der Waals surface area contributed by atoms with Crippen LogP contribution in [0.25, 0.3) is 22.4 Å². The molecule has 1 aromatic heterocycles. The SMILES string of the molecule is O=C(O)Cn1c(-c2cccc(OCCc3ccccc3)c2)nc2ccccc21. The van der Waals surface area contributed by atoms with Crippen LogP contribution in [0.5, 0.6) is 5.75 Å². The predicted octanol–water partition coefficient (Wildman–Crippen LogP) is 4.41. The van der Waals surface area contributed by atoms with Crippen molar-refractivity contribution in [1.29, 1.82) is 0 Å². The molecule has 0 atom stereocenters. The molecule has 1 heterocycles. The van der Waals surface area contributed by atoms with Crippen molar-refractivity contribution in [2.75, 3.05) is 6.61 Å². The van der Waals surface area contributed by atoms with Crippen LogP contribution in [-0.2, 0) is 17.8 Å². The zero-order valence-corrected chi connectivity index (χ0v) is 15.3. The lowest BCUT2D eigenvalue weighted by Crippen LogP contribution is -2.10. The van der Waals surface area contributed by atoms with Crippen LogP contribution in [0.15, 0.2) is 78.9 Å². The molecule has 0 bridgehead atoms. The van der Waals surface area contributed by atoms with E-state index in [1.165, 1.54) is 5.56 Å². The molecular weight excluding hydrogens is 352 g/mol. The standard InChI is InChI=1S/C23H20N2O3/c26-22(27)16-25-21-12-5-4-11-20(21)24-23(25)18-9-6-10-19(15-18)28-14-13-17-7-2-1-3-8-17/h1-12,15H,13-14,16H2,(H,26,27). The highest BCUT2D eigenvalue weighted by Gasteiger charge is 2.15. The van der Waals surface area contributed by atoms with Crippen LogP contribution in [0.4, 0.5) is 0 Å². The van der Waals surface area contributed by atoms with Crippen LogP contribution >= 0.6 is 0 Å². The monoisotopic (exact) mass is 372 g/mol. The summed E-state index contributed by atoms with van der Waals surface area (Å²) in [5.41, 5.74) is 3.63. The summed E-state index contributed by atoms with van der Waals surface area (Å²) in [5.74, 6) is 0.458. The zero-order valence-electron chi connectivity index (χ0n) is 15.3. The van der Waals surface area contributed by atoms with Gasteiger partial charge in [0.2, 0.25) is 0 Å². The quantitative estimate of drug-likeness (QED) is 0.522. The molecule has 0 saturated carbocycles. The number of rotatable bonds is 7. The molecule has 0 aliphatic carbocycles. The minimum Gasteiger partial charge on any atom is -0.493 e. The van der Waals surface area contributed by atoms with E-state index in [0.717, 1.165) is 28.8 Å². The van der Waals surface area contributed by atoms with Crippen LogP contribution in [0.1, 0.15) is 5.56 Å². The van der Waals surface area contributed by atoms with Crippen LogP contribution in [0.3, 0.4) is 0 Å². The molecule has 3 aromatic carbocycles. The molecule has 0 aliphatic rings. The largest absolute Gasteiger partial charge is 0.493 e. The molecule has 4 rings (SSSR count). The smallest absolute Gasteiger partial charge is 0.323 e. The first-order chi connectivity index (χ1) is 13.7. The van der Waals surface area contributed by atoms with Gasteiger partial charge in [-0.3, -0.25) is 4.79 Å². The number of para-hydroxylation sites is 2. The number of imidazole rings is 1. The molecule has 5 heteroatoms. The van der Waals surface area contributed by atoms with E-state index in [1.807, 2.05) is 66.7 Å². The minimum atomic E-state index is -0.903. The van der Waals surface area contributed by atoms with Crippen LogP contribution < -0.4 is 4.74 Å². The second-order valence-electron chi connectivity index (χ2n) is 6.52. The van der Waals surface area contributed by atoms with Gasteiger partial charge in [0.25, 0.3) is 0 Å². The van der Waals surface area contributed by atoms with Gasteiger partial charge in [0.1, 0.15) is 18.1 Å². The highest BCUT2D eigenvalue weighted by Crippen LogP contribution is 2.27. The predicted molar refractivity (Wildman–Crippen MR) is 108 cm³/mol.